The van der Waals surface area contributed by atoms with E-state index in [1.54, 1.807) is 24.3 Å². The number of carbonyl (C=O) groups excluding carboxylic acids is 3. The van der Waals surface area contributed by atoms with Crippen LogP contribution in [0.2, 0.25) is 0 Å². The third-order valence-electron chi connectivity index (χ3n) is 9.87. The summed E-state index contributed by atoms with van der Waals surface area (Å²) in [6.45, 7) is 2.73. The molecule has 0 saturated carbocycles. The molecule has 5 unspecified atom stereocenters. The van der Waals surface area contributed by atoms with Gasteiger partial charge in [-0.15, -0.1) is 0 Å². The van der Waals surface area contributed by atoms with E-state index in [1.807, 2.05) is 30.3 Å². The molecule has 12 heteroatoms. The summed E-state index contributed by atoms with van der Waals surface area (Å²) in [4.78, 5) is 41.4. The number of phenols is 1. The fourth-order valence-electron chi connectivity index (χ4n) is 7.19. The van der Waals surface area contributed by atoms with Gasteiger partial charge in [-0.1, -0.05) is 54.6 Å². The Labute approximate surface area is 298 Å². The van der Waals surface area contributed by atoms with E-state index < -0.39 is 60.2 Å². The number of phenolic OH excluding ortho intramolecular Hbond substituents is 1. The van der Waals surface area contributed by atoms with Crippen LogP contribution in [0, 0.1) is 0 Å². The number of nitrogens with two attached hydrogens (primary N) is 2. The number of ether oxygens (including phenoxy) is 3. The molecule has 0 bridgehead atoms. The Hall–Kier alpha value is -5.21. The van der Waals surface area contributed by atoms with E-state index in [0.29, 0.717) is 35.1 Å². The molecule has 3 aliphatic rings. The van der Waals surface area contributed by atoms with Crippen LogP contribution in [0.25, 0.3) is 11.6 Å². The number of aryl methyl sites for hydroxylation is 1. The number of aromatic hydroxyl groups is 1. The lowest BCUT2D eigenvalue weighted by Crippen LogP contribution is -2.58. The summed E-state index contributed by atoms with van der Waals surface area (Å²) in [6.07, 6.45) is -5.01. The van der Waals surface area contributed by atoms with Gasteiger partial charge in [0.2, 0.25) is 6.29 Å². The minimum Gasteiger partial charge on any atom is -0.507 e. The van der Waals surface area contributed by atoms with Crippen molar-refractivity contribution in [3.63, 3.8) is 0 Å². The maximum atomic E-state index is 14.7. The van der Waals surface area contributed by atoms with Crippen LogP contribution in [0.15, 0.2) is 66.7 Å². The van der Waals surface area contributed by atoms with E-state index in [1.165, 1.54) is 32.0 Å². The lowest BCUT2D eigenvalue weighted by molar-refractivity contribution is -0.268. The average Bonchev–Trinajstić information content (AvgIpc) is 3.12. The van der Waals surface area contributed by atoms with Gasteiger partial charge in [-0.25, -0.2) is 0 Å². The number of aliphatic hydroxyl groups is 3. The van der Waals surface area contributed by atoms with Gasteiger partial charge in [0.1, 0.15) is 35.6 Å². The van der Waals surface area contributed by atoms with Crippen LogP contribution in [0.4, 0.5) is 0 Å². The largest absolute Gasteiger partial charge is 0.507 e. The van der Waals surface area contributed by atoms with Gasteiger partial charge in [0, 0.05) is 41.2 Å². The predicted molar refractivity (Wildman–Crippen MR) is 189 cm³/mol. The summed E-state index contributed by atoms with van der Waals surface area (Å²) >= 11 is 0. The molecule has 0 aromatic heterocycles. The van der Waals surface area contributed by atoms with Crippen molar-refractivity contribution in [3.8, 4) is 17.2 Å². The first-order chi connectivity index (χ1) is 24.8. The van der Waals surface area contributed by atoms with Gasteiger partial charge in [-0.3, -0.25) is 14.4 Å². The molecular weight excluding hydrogens is 668 g/mol. The molecule has 0 amide bonds. The van der Waals surface area contributed by atoms with Crippen molar-refractivity contribution >= 4 is 29.2 Å². The molecule has 5 atom stereocenters. The van der Waals surface area contributed by atoms with Gasteiger partial charge < -0.3 is 46.1 Å². The molecule has 1 aliphatic heterocycles. The van der Waals surface area contributed by atoms with Gasteiger partial charge >= 0.3 is 5.97 Å². The van der Waals surface area contributed by atoms with Crippen LogP contribution in [0.1, 0.15) is 91.7 Å². The Bertz CT molecular complexity index is 2160. The number of hydrogen-bond donors (Lipinski definition) is 6. The lowest BCUT2D eigenvalue weighted by Gasteiger charge is -2.39. The molecule has 2 aliphatic carbocycles. The van der Waals surface area contributed by atoms with E-state index >= 15 is 0 Å². The van der Waals surface area contributed by atoms with Crippen molar-refractivity contribution in [1.82, 2.24) is 0 Å². The summed E-state index contributed by atoms with van der Waals surface area (Å²) in [5.74, 6) is -2.43. The smallest absolute Gasteiger partial charge is 0.308 e. The number of allylic oxidation sites excluding steroid dienone is 1. The molecule has 1 heterocycles. The second kappa shape index (κ2) is 13.7. The Morgan fingerprint density at radius 1 is 0.865 bits per heavy atom. The quantitative estimate of drug-likeness (QED) is 0.0818. The Morgan fingerprint density at radius 2 is 1.62 bits per heavy atom. The average molecular weight is 707 g/mol. The first-order valence-electron chi connectivity index (χ1n) is 16.9. The summed E-state index contributed by atoms with van der Waals surface area (Å²) in [7, 11) is 0. The first kappa shape index (κ1) is 35.2. The second-order valence-corrected chi connectivity index (χ2v) is 13.4. The number of aliphatic hydroxyl groups excluding tert-OH is 3. The molecule has 7 rings (SSSR count). The van der Waals surface area contributed by atoms with Crippen LogP contribution in [0.3, 0.4) is 0 Å². The predicted octanol–water partition coefficient (Wildman–Crippen LogP) is 3.29. The van der Waals surface area contributed by atoms with Crippen molar-refractivity contribution in [2.45, 2.75) is 70.0 Å². The Morgan fingerprint density at radius 3 is 2.37 bits per heavy atom. The van der Waals surface area contributed by atoms with E-state index in [9.17, 15) is 34.8 Å². The van der Waals surface area contributed by atoms with Crippen molar-refractivity contribution in [2.75, 3.05) is 0 Å². The summed E-state index contributed by atoms with van der Waals surface area (Å²) in [6, 6.07) is 18.9. The lowest BCUT2D eigenvalue weighted by atomic mass is 9.77. The third-order valence-corrected chi connectivity index (χ3v) is 9.87. The zero-order valence-electron chi connectivity index (χ0n) is 28.4. The monoisotopic (exact) mass is 706 g/mol. The van der Waals surface area contributed by atoms with Crippen LogP contribution in [0.5, 0.6) is 17.2 Å². The molecular formula is C40H38N2O10. The minimum absolute atomic E-state index is 0.00531. The maximum Gasteiger partial charge on any atom is 0.308 e. The zero-order valence-corrected chi connectivity index (χ0v) is 28.4. The van der Waals surface area contributed by atoms with Gasteiger partial charge in [-0.2, -0.15) is 0 Å². The van der Waals surface area contributed by atoms with E-state index in [2.05, 4.69) is 0 Å². The van der Waals surface area contributed by atoms with Crippen LogP contribution < -0.4 is 20.9 Å². The number of esters is 1. The molecule has 4 aromatic carbocycles. The highest BCUT2D eigenvalue weighted by Crippen LogP contribution is 2.46. The topological polar surface area (TPSA) is 212 Å². The molecule has 0 radical (unpaired) electrons. The maximum absolute atomic E-state index is 14.7. The number of hydrogen-bond acceptors (Lipinski definition) is 12. The van der Waals surface area contributed by atoms with Gasteiger partial charge in [0.25, 0.3) is 0 Å². The third kappa shape index (κ3) is 6.19. The number of ketones is 2. The van der Waals surface area contributed by atoms with Crippen LogP contribution in [-0.4, -0.2) is 68.7 Å². The normalized spacial score (nSPS) is 22.3. The molecule has 52 heavy (non-hydrogen) atoms. The number of carbonyl (C=O) groups is 3. The van der Waals surface area contributed by atoms with Gasteiger partial charge in [0.15, 0.2) is 11.6 Å². The Balaban J connectivity index is 1.41. The molecule has 4 aromatic rings. The van der Waals surface area contributed by atoms with E-state index in [-0.39, 0.29) is 45.7 Å². The van der Waals surface area contributed by atoms with Crippen molar-refractivity contribution < 1.29 is 49.0 Å². The van der Waals surface area contributed by atoms with Crippen molar-refractivity contribution in [1.29, 1.82) is 0 Å². The molecule has 0 spiro atoms. The first-order valence-corrected chi connectivity index (χ1v) is 16.9. The molecule has 8 N–H and O–H groups in total. The number of rotatable bonds is 7. The fraction of sp³-hybridized carbons (Fsp3) is 0.275. The summed E-state index contributed by atoms with van der Waals surface area (Å²) < 4.78 is 17.4. The standard InChI is InChI=1S/C40H38N2O10/c1-18-33(44)37(48)38(49)40(50-18)52-29-17-27-32(35(46)26(29)15-20-6-5-9-24(14-20)39(41)42)34(45)25-12-13-28(51-19(2)43)30(31(25)36(27)47)23-11-10-21-7-3-4-8-22(21)16-23/h3-9,12-14,16-18,33,37-40,44,46,48-49H,10-11,15,41-42H2,1-2H3. The highest BCUT2D eigenvalue weighted by Gasteiger charge is 2.44. The second-order valence-electron chi connectivity index (χ2n) is 13.4. The molecule has 268 valence electrons. The minimum atomic E-state index is -1.71. The SMILES string of the molecule is CC(=O)Oc1ccc2c(c1C1=Cc3ccccc3CC1)C(=O)c1cc(OC3OC(C)C(O)C(O)C3O)c(Cc3cccc(C(N)N)c3)c(O)c1C2=O. The van der Waals surface area contributed by atoms with Crippen molar-refractivity contribution in [3.05, 3.63) is 122 Å². The van der Waals surface area contributed by atoms with Gasteiger partial charge in [0.05, 0.1) is 17.8 Å². The van der Waals surface area contributed by atoms with E-state index in [4.69, 9.17) is 25.7 Å². The summed E-state index contributed by atoms with van der Waals surface area (Å²) in [5.41, 5.74) is 15.7. The van der Waals surface area contributed by atoms with Crippen molar-refractivity contribution in [2.24, 2.45) is 11.5 Å². The Kier molecular flexibility index (Phi) is 9.30. The van der Waals surface area contributed by atoms with Crippen LogP contribution >= 0.6 is 0 Å². The highest BCUT2D eigenvalue weighted by molar-refractivity contribution is 6.31. The van der Waals surface area contributed by atoms with E-state index in [0.717, 1.165) is 11.1 Å². The highest BCUT2D eigenvalue weighted by atomic mass is 16.7. The molecule has 1 fully saturated rings. The number of benzene rings is 4. The zero-order chi connectivity index (χ0) is 37.0. The molecule has 12 nitrogen and oxygen atoms in total. The fourth-order valence-corrected chi connectivity index (χ4v) is 7.19. The molecule has 1 saturated heterocycles. The van der Waals surface area contributed by atoms with Crippen LogP contribution in [-0.2, 0) is 22.4 Å². The van der Waals surface area contributed by atoms with Gasteiger partial charge in [-0.05, 0) is 65.8 Å². The summed E-state index contributed by atoms with van der Waals surface area (Å²) in [5, 5.41) is 43.6. The number of fused-ring (bicyclic) bond motifs is 3.